The molecule has 0 bridgehead atoms. The van der Waals surface area contributed by atoms with E-state index in [0.29, 0.717) is 47.8 Å². The van der Waals surface area contributed by atoms with E-state index in [4.69, 9.17) is 4.74 Å². The summed E-state index contributed by atoms with van der Waals surface area (Å²) >= 11 is 0. The minimum atomic E-state index is -0.571. The van der Waals surface area contributed by atoms with Gasteiger partial charge in [-0.3, -0.25) is 15.2 Å². The second-order valence-electron chi connectivity index (χ2n) is 7.67. The van der Waals surface area contributed by atoms with Crippen LogP contribution < -0.4 is 20.9 Å². The topological polar surface area (TPSA) is 114 Å². The number of nitrogens with one attached hydrogen (secondary N) is 3. The number of ether oxygens (including phenoxy) is 1. The average Bonchev–Trinajstić information content (AvgIpc) is 3.65. The molecule has 1 fully saturated rings. The number of rotatable bonds is 10. The van der Waals surface area contributed by atoms with Crippen molar-refractivity contribution in [3.63, 3.8) is 0 Å². The van der Waals surface area contributed by atoms with Gasteiger partial charge in [0.05, 0.1) is 42.0 Å². The number of aromatic nitrogens is 4. The Labute approximate surface area is 191 Å². The highest BCUT2D eigenvalue weighted by Crippen LogP contribution is 2.26. The van der Waals surface area contributed by atoms with Gasteiger partial charge in [-0.05, 0) is 44.4 Å². The molecule has 1 aromatic carbocycles. The molecule has 3 N–H and O–H groups in total. The van der Waals surface area contributed by atoms with Gasteiger partial charge in [-0.2, -0.15) is 0 Å². The van der Waals surface area contributed by atoms with Crippen LogP contribution in [0.1, 0.15) is 44.7 Å². The summed E-state index contributed by atoms with van der Waals surface area (Å²) in [4.78, 5) is 30.0. The van der Waals surface area contributed by atoms with Crippen LogP contribution in [-0.2, 0) is 4.79 Å². The van der Waals surface area contributed by atoms with Crippen LogP contribution in [0.2, 0.25) is 0 Å². The SMILES string of the molecule is CCOc1cncc(-c2ccc(NC(=O)C(CC)c3ccnc(NNC4CC4)n3)c(F)c2)n1. The predicted octanol–water partition coefficient (Wildman–Crippen LogP) is 3.68. The molecule has 0 spiro atoms. The third kappa shape index (κ3) is 5.78. The lowest BCUT2D eigenvalue weighted by molar-refractivity contribution is -0.117. The molecule has 1 atom stereocenters. The standard InChI is InChI=1S/C23H26FN7O2/c1-3-16(18-9-10-26-23(29-18)31-30-15-6-7-15)22(32)28-19-8-5-14(11-17(19)24)20-12-25-13-21(27-20)33-4-2/h5,8-13,15-16,30H,3-4,6-7H2,1-2H3,(H,28,32)(H,26,29,31). The van der Waals surface area contributed by atoms with Gasteiger partial charge < -0.3 is 10.1 Å². The van der Waals surface area contributed by atoms with Crippen LogP contribution in [0.3, 0.4) is 0 Å². The number of anilines is 2. The quantitative estimate of drug-likeness (QED) is 0.400. The molecule has 2 heterocycles. The van der Waals surface area contributed by atoms with Gasteiger partial charge in [-0.15, -0.1) is 0 Å². The maximum atomic E-state index is 14.8. The van der Waals surface area contributed by atoms with Crippen molar-refractivity contribution in [3.05, 3.63) is 54.4 Å². The highest BCUT2D eigenvalue weighted by molar-refractivity contribution is 5.95. The van der Waals surface area contributed by atoms with Crippen molar-refractivity contribution in [2.24, 2.45) is 0 Å². The Morgan fingerprint density at radius 2 is 2.06 bits per heavy atom. The minimum Gasteiger partial charge on any atom is -0.477 e. The zero-order valence-electron chi connectivity index (χ0n) is 18.5. The van der Waals surface area contributed by atoms with Crippen molar-refractivity contribution in [2.45, 2.75) is 45.1 Å². The third-order valence-corrected chi connectivity index (χ3v) is 5.15. The van der Waals surface area contributed by atoms with Gasteiger partial charge in [0.1, 0.15) is 5.82 Å². The molecule has 1 aliphatic carbocycles. The van der Waals surface area contributed by atoms with E-state index in [-0.39, 0.29) is 11.6 Å². The van der Waals surface area contributed by atoms with Crippen LogP contribution in [0, 0.1) is 5.82 Å². The second kappa shape index (κ2) is 10.3. The Morgan fingerprint density at radius 3 is 2.79 bits per heavy atom. The number of nitrogens with zero attached hydrogens (tertiary/aromatic N) is 4. The van der Waals surface area contributed by atoms with E-state index in [1.165, 1.54) is 24.5 Å². The Morgan fingerprint density at radius 1 is 1.21 bits per heavy atom. The maximum absolute atomic E-state index is 14.8. The third-order valence-electron chi connectivity index (χ3n) is 5.15. The van der Waals surface area contributed by atoms with E-state index in [1.54, 1.807) is 18.3 Å². The molecule has 1 saturated carbocycles. The first-order chi connectivity index (χ1) is 16.1. The first kappa shape index (κ1) is 22.5. The summed E-state index contributed by atoms with van der Waals surface area (Å²) in [6.45, 7) is 4.18. The summed E-state index contributed by atoms with van der Waals surface area (Å²) < 4.78 is 20.2. The fraction of sp³-hybridized carbons (Fsp3) is 0.348. The van der Waals surface area contributed by atoms with Crippen LogP contribution in [0.25, 0.3) is 11.3 Å². The van der Waals surface area contributed by atoms with Crippen molar-refractivity contribution in [1.29, 1.82) is 0 Å². The fourth-order valence-corrected chi connectivity index (χ4v) is 3.25. The van der Waals surface area contributed by atoms with E-state index < -0.39 is 11.7 Å². The molecule has 172 valence electrons. The van der Waals surface area contributed by atoms with Gasteiger partial charge in [0.25, 0.3) is 0 Å². The Balaban J connectivity index is 1.46. The number of carbonyl (C=O) groups excluding carboxylic acids is 1. The lowest BCUT2D eigenvalue weighted by Crippen LogP contribution is -2.26. The van der Waals surface area contributed by atoms with E-state index in [9.17, 15) is 9.18 Å². The molecular weight excluding hydrogens is 425 g/mol. The van der Waals surface area contributed by atoms with Crippen molar-refractivity contribution in [2.75, 3.05) is 17.3 Å². The maximum Gasteiger partial charge on any atom is 0.237 e. The van der Waals surface area contributed by atoms with Gasteiger partial charge in [-0.1, -0.05) is 13.0 Å². The zero-order valence-corrected chi connectivity index (χ0v) is 18.5. The Hall–Kier alpha value is -3.66. The lowest BCUT2D eigenvalue weighted by Gasteiger charge is -2.16. The molecule has 0 radical (unpaired) electrons. The highest BCUT2D eigenvalue weighted by Gasteiger charge is 2.23. The number of hydrogen-bond acceptors (Lipinski definition) is 8. The largest absolute Gasteiger partial charge is 0.477 e. The Bertz CT molecular complexity index is 1120. The number of halogens is 1. The van der Waals surface area contributed by atoms with E-state index in [1.807, 2.05) is 13.8 Å². The van der Waals surface area contributed by atoms with Gasteiger partial charge in [-0.25, -0.2) is 24.8 Å². The average molecular weight is 452 g/mol. The van der Waals surface area contributed by atoms with E-state index in [0.717, 1.165) is 12.8 Å². The van der Waals surface area contributed by atoms with Crippen LogP contribution in [0.5, 0.6) is 5.88 Å². The van der Waals surface area contributed by atoms with Crippen LogP contribution in [-0.4, -0.2) is 38.5 Å². The molecule has 1 aliphatic rings. The normalized spacial score (nSPS) is 13.9. The lowest BCUT2D eigenvalue weighted by atomic mass is 10.0. The summed E-state index contributed by atoms with van der Waals surface area (Å²) in [7, 11) is 0. The van der Waals surface area contributed by atoms with E-state index in [2.05, 4.69) is 36.1 Å². The number of hydrogen-bond donors (Lipinski definition) is 3. The van der Waals surface area contributed by atoms with Crippen LogP contribution >= 0.6 is 0 Å². The van der Waals surface area contributed by atoms with Gasteiger partial charge in [0, 0.05) is 17.8 Å². The molecule has 0 aliphatic heterocycles. The molecule has 4 rings (SSSR count). The summed E-state index contributed by atoms with van der Waals surface area (Å²) in [5.74, 6) is -0.705. The molecule has 3 aromatic rings. The molecule has 2 aromatic heterocycles. The van der Waals surface area contributed by atoms with Crippen molar-refractivity contribution < 1.29 is 13.9 Å². The number of amides is 1. The fourth-order valence-electron chi connectivity index (χ4n) is 3.25. The summed E-state index contributed by atoms with van der Waals surface area (Å²) in [5, 5.41) is 2.68. The van der Waals surface area contributed by atoms with Gasteiger partial charge in [0.2, 0.25) is 17.7 Å². The van der Waals surface area contributed by atoms with Crippen molar-refractivity contribution in [1.82, 2.24) is 25.4 Å². The first-order valence-corrected chi connectivity index (χ1v) is 11.0. The summed E-state index contributed by atoms with van der Waals surface area (Å²) in [6.07, 6.45) is 7.35. The molecule has 0 saturated heterocycles. The number of carbonyl (C=O) groups is 1. The van der Waals surface area contributed by atoms with Crippen molar-refractivity contribution >= 4 is 17.5 Å². The summed E-state index contributed by atoms with van der Waals surface area (Å²) in [5.41, 5.74) is 7.74. The van der Waals surface area contributed by atoms with E-state index >= 15 is 0 Å². The molecule has 33 heavy (non-hydrogen) atoms. The monoisotopic (exact) mass is 451 g/mol. The van der Waals surface area contributed by atoms with Crippen LogP contribution in [0.4, 0.5) is 16.0 Å². The molecule has 9 nitrogen and oxygen atoms in total. The smallest absolute Gasteiger partial charge is 0.237 e. The van der Waals surface area contributed by atoms with Gasteiger partial charge in [0.15, 0.2) is 0 Å². The van der Waals surface area contributed by atoms with Gasteiger partial charge >= 0.3 is 0 Å². The highest BCUT2D eigenvalue weighted by atomic mass is 19.1. The molecular formula is C23H26FN7O2. The zero-order chi connectivity index (χ0) is 23.2. The summed E-state index contributed by atoms with van der Waals surface area (Å²) in [6, 6.07) is 6.62. The predicted molar refractivity (Wildman–Crippen MR) is 122 cm³/mol. The number of benzene rings is 1. The van der Waals surface area contributed by atoms with Crippen LogP contribution in [0.15, 0.2) is 42.9 Å². The molecule has 10 heteroatoms. The number of hydrazine groups is 1. The minimum absolute atomic E-state index is 0.0823. The first-order valence-electron chi connectivity index (χ1n) is 11.0. The molecule has 1 unspecified atom stereocenters. The second-order valence-corrected chi connectivity index (χ2v) is 7.67. The molecule has 1 amide bonds. The van der Waals surface area contributed by atoms with Crippen molar-refractivity contribution in [3.8, 4) is 17.1 Å². The Kier molecular flexibility index (Phi) is 7.04.